The average Bonchev–Trinajstić information content (AvgIpc) is 2.46. The number of rotatable bonds is 4. The fourth-order valence-electron chi connectivity index (χ4n) is 2.11. The Bertz CT molecular complexity index is 466. The standard InChI is InChI=1S/C12H18N4O3/c1-3-9-8-15(6-7-19-9)12-10(16(17)18)4-5-11(13-2)14-12/h4-5,9H,3,6-8H2,1-2H3,(H,13,14). The molecule has 1 aliphatic rings. The van der Waals surface area contributed by atoms with Crippen LogP contribution in [-0.4, -0.2) is 42.8 Å². The molecule has 0 aliphatic carbocycles. The zero-order chi connectivity index (χ0) is 13.8. The molecule has 0 spiro atoms. The minimum atomic E-state index is -0.391. The molecule has 104 valence electrons. The summed E-state index contributed by atoms with van der Waals surface area (Å²) in [6.07, 6.45) is 0.990. The Balaban J connectivity index is 2.32. The summed E-state index contributed by atoms with van der Waals surface area (Å²) in [6.45, 7) is 3.87. The topological polar surface area (TPSA) is 80.5 Å². The van der Waals surface area contributed by atoms with Crippen LogP contribution in [0, 0.1) is 10.1 Å². The van der Waals surface area contributed by atoms with Crippen LogP contribution in [0.5, 0.6) is 0 Å². The number of nitrogens with zero attached hydrogens (tertiary/aromatic N) is 3. The molecular formula is C12H18N4O3. The van der Waals surface area contributed by atoms with Crippen molar-refractivity contribution in [2.24, 2.45) is 0 Å². The zero-order valence-corrected chi connectivity index (χ0v) is 11.1. The second kappa shape index (κ2) is 5.83. The average molecular weight is 266 g/mol. The van der Waals surface area contributed by atoms with Gasteiger partial charge in [-0.25, -0.2) is 4.98 Å². The summed E-state index contributed by atoms with van der Waals surface area (Å²) in [7, 11) is 1.74. The molecule has 7 nitrogen and oxygen atoms in total. The van der Waals surface area contributed by atoms with Gasteiger partial charge in [0.15, 0.2) is 0 Å². The molecule has 0 bridgehead atoms. The lowest BCUT2D eigenvalue weighted by molar-refractivity contribution is -0.384. The van der Waals surface area contributed by atoms with E-state index in [1.165, 1.54) is 6.07 Å². The molecular weight excluding hydrogens is 248 g/mol. The number of nitrogens with one attached hydrogen (secondary N) is 1. The molecule has 0 radical (unpaired) electrons. The van der Waals surface area contributed by atoms with Crippen molar-refractivity contribution >= 4 is 17.3 Å². The van der Waals surface area contributed by atoms with Crippen molar-refractivity contribution in [3.63, 3.8) is 0 Å². The van der Waals surface area contributed by atoms with Crippen molar-refractivity contribution in [3.05, 3.63) is 22.2 Å². The molecule has 0 aromatic carbocycles. The fourth-order valence-corrected chi connectivity index (χ4v) is 2.11. The summed E-state index contributed by atoms with van der Waals surface area (Å²) in [4.78, 5) is 17.0. The zero-order valence-electron chi connectivity index (χ0n) is 11.1. The third-order valence-corrected chi connectivity index (χ3v) is 3.20. The number of ether oxygens (including phenoxy) is 1. The highest BCUT2D eigenvalue weighted by Crippen LogP contribution is 2.29. The van der Waals surface area contributed by atoms with E-state index in [-0.39, 0.29) is 11.8 Å². The van der Waals surface area contributed by atoms with E-state index in [1.807, 2.05) is 11.8 Å². The Morgan fingerprint density at radius 3 is 3.05 bits per heavy atom. The van der Waals surface area contributed by atoms with Gasteiger partial charge in [0.2, 0.25) is 5.82 Å². The molecule has 1 aromatic heterocycles. The van der Waals surface area contributed by atoms with Gasteiger partial charge < -0.3 is 15.0 Å². The number of morpholine rings is 1. The largest absolute Gasteiger partial charge is 0.375 e. The quantitative estimate of drug-likeness (QED) is 0.659. The third-order valence-electron chi connectivity index (χ3n) is 3.20. The molecule has 1 N–H and O–H groups in total. The maximum absolute atomic E-state index is 11.1. The summed E-state index contributed by atoms with van der Waals surface area (Å²) in [6, 6.07) is 3.10. The van der Waals surface area contributed by atoms with Crippen molar-refractivity contribution in [3.8, 4) is 0 Å². The Morgan fingerprint density at radius 1 is 1.63 bits per heavy atom. The van der Waals surface area contributed by atoms with Gasteiger partial charge in [-0.1, -0.05) is 6.92 Å². The van der Waals surface area contributed by atoms with Crippen molar-refractivity contribution < 1.29 is 9.66 Å². The Labute approximate surface area is 111 Å². The number of hydrogen-bond donors (Lipinski definition) is 1. The molecule has 1 aliphatic heterocycles. The van der Waals surface area contributed by atoms with Crippen LogP contribution in [0.3, 0.4) is 0 Å². The van der Waals surface area contributed by atoms with E-state index in [0.717, 1.165) is 6.42 Å². The molecule has 1 atom stereocenters. The number of pyridine rings is 1. The van der Waals surface area contributed by atoms with Gasteiger partial charge >= 0.3 is 5.69 Å². The number of aromatic nitrogens is 1. The van der Waals surface area contributed by atoms with E-state index < -0.39 is 4.92 Å². The second-order valence-electron chi connectivity index (χ2n) is 4.39. The van der Waals surface area contributed by atoms with Gasteiger partial charge in [0.05, 0.1) is 17.6 Å². The molecule has 0 saturated carbocycles. The number of hydrogen-bond acceptors (Lipinski definition) is 6. The normalized spacial score (nSPS) is 19.3. The lowest BCUT2D eigenvalue weighted by Gasteiger charge is -2.33. The summed E-state index contributed by atoms with van der Waals surface area (Å²) in [5.74, 6) is 1.04. The van der Waals surface area contributed by atoms with E-state index in [1.54, 1.807) is 13.1 Å². The Kier molecular flexibility index (Phi) is 4.16. The maximum Gasteiger partial charge on any atom is 0.311 e. The van der Waals surface area contributed by atoms with Crippen LogP contribution in [0.4, 0.5) is 17.3 Å². The van der Waals surface area contributed by atoms with Crippen LogP contribution in [0.1, 0.15) is 13.3 Å². The minimum Gasteiger partial charge on any atom is -0.375 e. The summed E-state index contributed by atoms with van der Waals surface area (Å²) >= 11 is 0. The highest BCUT2D eigenvalue weighted by Gasteiger charge is 2.26. The Hall–Kier alpha value is -1.89. The maximum atomic E-state index is 11.1. The van der Waals surface area contributed by atoms with E-state index in [4.69, 9.17) is 4.74 Å². The van der Waals surface area contributed by atoms with Crippen LogP contribution in [-0.2, 0) is 4.74 Å². The molecule has 2 heterocycles. The molecule has 1 saturated heterocycles. The van der Waals surface area contributed by atoms with E-state index in [0.29, 0.717) is 31.3 Å². The van der Waals surface area contributed by atoms with Crippen molar-refractivity contribution in [1.82, 2.24) is 4.98 Å². The van der Waals surface area contributed by atoms with Gasteiger partial charge in [0.1, 0.15) is 5.82 Å². The first-order valence-corrected chi connectivity index (χ1v) is 6.35. The molecule has 2 rings (SSSR count). The molecule has 1 fully saturated rings. The van der Waals surface area contributed by atoms with E-state index in [9.17, 15) is 10.1 Å². The number of anilines is 2. The van der Waals surface area contributed by atoms with E-state index >= 15 is 0 Å². The van der Waals surface area contributed by atoms with Crippen molar-refractivity contribution in [2.45, 2.75) is 19.4 Å². The van der Waals surface area contributed by atoms with Gasteiger partial charge in [-0.2, -0.15) is 0 Å². The predicted molar refractivity (Wildman–Crippen MR) is 72.7 cm³/mol. The summed E-state index contributed by atoms with van der Waals surface area (Å²) in [5.41, 5.74) is 0.0377. The third kappa shape index (κ3) is 2.93. The smallest absolute Gasteiger partial charge is 0.311 e. The summed E-state index contributed by atoms with van der Waals surface area (Å²) < 4.78 is 5.58. The van der Waals surface area contributed by atoms with Crippen LogP contribution in [0.25, 0.3) is 0 Å². The lowest BCUT2D eigenvalue weighted by atomic mass is 10.2. The van der Waals surface area contributed by atoms with Gasteiger partial charge in [0, 0.05) is 26.2 Å². The van der Waals surface area contributed by atoms with Crippen LogP contribution in [0.15, 0.2) is 12.1 Å². The van der Waals surface area contributed by atoms with Gasteiger partial charge in [-0.05, 0) is 12.5 Å². The number of nitro groups is 1. The van der Waals surface area contributed by atoms with Crippen molar-refractivity contribution in [1.29, 1.82) is 0 Å². The molecule has 1 unspecified atom stereocenters. The molecule has 19 heavy (non-hydrogen) atoms. The second-order valence-corrected chi connectivity index (χ2v) is 4.39. The van der Waals surface area contributed by atoms with E-state index in [2.05, 4.69) is 10.3 Å². The van der Waals surface area contributed by atoms with Crippen LogP contribution >= 0.6 is 0 Å². The van der Waals surface area contributed by atoms with Crippen LogP contribution < -0.4 is 10.2 Å². The molecule has 0 amide bonds. The first-order valence-electron chi connectivity index (χ1n) is 6.35. The van der Waals surface area contributed by atoms with Crippen molar-refractivity contribution in [2.75, 3.05) is 37.0 Å². The van der Waals surface area contributed by atoms with Gasteiger partial charge in [0.25, 0.3) is 0 Å². The van der Waals surface area contributed by atoms with Crippen LogP contribution in [0.2, 0.25) is 0 Å². The molecule has 7 heteroatoms. The predicted octanol–water partition coefficient (Wildman–Crippen LogP) is 1.65. The highest BCUT2D eigenvalue weighted by atomic mass is 16.6. The van der Waals surface area contributed by atoms with Gasteiger partial charge in [-0.15, -0.1) is 0 Å². The SMILES string of the molecule is CCC1CN(c2nc(NC)ccc2[N+](=O)[O-])CCO1. The van der Waals surface area contributed by atoms with Gasteiger partial charge in [-0.3, -0.25) is 10.1 Å². The Morgan fingerprint density at radius 2 is 2.42 bits per heavy atom. The molecule has 1 aromatic rings. The monoisotopic (exact) mass is 266 g/mol. The first kappa shape index (κ1) is 13.5. The lowest BCUT2D eigenvalue weighted by Crippen LogP contribution is -2.42. The summed E-state index contributed by atoms with van der Waals surface area (Å²) in [5, 5.41) is 14.0. The highest BCUT2D eigenvalue weighted by molar-refractivity contribution is 5.62. The minimum absolute atomic E-state index is 0.0377. The fraction of sp³-hybridized carbons (Fsp3) is 0.583. The first-order chi connectivity index (χ1) is 9.15.